The Bertz CT molecular complexity index is 716. The number of alkyl halides is 5. The molecule has 0 amide bonds. The van der Waals surface area contributed by atoms with Crippen LogP contribution in [0.25, 0.3) is 5.69 Å². The van der Waals surface area contributed by atoms with Crippen LogP contribution in [-0.4, -0.2) is 15.6 Å². The number of aromatic nitrogens is 1. The summed E-state index contributed by atoms with van der Waals surface area (Å²) < 4.78 is 80.1. The summed E-state index contributed by atoms with van der Waals surface area (Å²) in [5.74, 6) is -4.28. The first-order chi connectivity index (χ1) is 10.1. The molecule has 1 unspecified atom stereocenters. The topological polar surface area (TPSA) is 25.2 Å². The van der Waals surface area contributed by atoms with E-state index in [9.17, 15) is 31.4 Å². The molecule has 3 rings (SSSR count). The summed E-state index contributed by atoms with van der Waals surface area (Å²) in [5.41, 5.74) is -2.34. The molecule has 0 aliphatic heterocycles. The predicted molar refractivity (Wildman–Crippen MR) is 64.3 cm³/mol. The molecule has 118 valence electrons. The van der Waals surface area contributed by atoms with E-state index in [1.807, 2.05) is 0 Å². The molecule has 8 heteroatoms. The number of benzene rings is 1. The van der Waals surface area contributed by atoms with Crippen LogP contribution in [-0.2, 0) is 12.6 Å². The molecule has 1 aliphatic carbocycles. The van der Waals surface area contributed by atoms with Crippen molar-refractivity contribution in [3.63, 3.8) is 0 Å². The number of fused-ring (bicyclic) bond motifs is 1. The molecule has 0 bridgehead atoms. The maximum Gasteiger partial charge on any atom is 0.418 e. The second kappa shape index (κ2) is 4.52. The maximum atomic E-state index is 13.6. The first-order valence-electron chi connectivity index (χ1n) is 6.24. The average molecular weight is 321 g/mol. The van der Waals surface area contributed by atoms with E-state index in [2.05, 4.69) is 0 Å². The van der Waals surface area contributed by atoms with Crippen molar-refractivity contribution in [3.8, 4) is 5.69 Å². The zero-order valence-electron chi connectivity index (χ0n) is 10.8. The summed E-state index contributed by atoms with van der Waals surface area (Å²) >= 11 is 0. The molecule has 1 aliphatic rings. The largest absolute Gasteiger partial charge is 0.418 e. The van der Waals surface area contributed by atoms with Crippen molar-refractivity contribution in [1.82, 2.24) is 4.57 Å². The Morgan fingerprint density at radius 2 is 1.73 bits per heavy atom. The lowest BCUT2D eigenvalue weighted by Gasteiger charge is -2.16. The molecule has 0 fully saturated rings. The summed E-state index contributed by atoms with van der Waals surface area (Å²) in [6.45, 7) is 0. The molecule has 1 N–H and O–H groups in total. The number of hydrogen-bond acceptors (Lipinski definition) is 1. The monoisotopic (exact) mass is 321 g/mol. The molecule has 1 atom stereocenters. The second-order valence-corrected chi connectivity index (χ2v) is 5.09. The van der Waals surface area contributed by atoms with Gasteiger partial charge in [-0.1, -0.05) is 0 Å². The van der Waals surface area contributed by atoms with Crippen LogP contribution in [0.5, 0.6) is 0 Å². The second-order valence-electron chi connectivity index (χ2n) is 5.09. The molecule has 0 radical (unpaired) electrons. The van der Waals surface area contributed by atoms with E-state index in [-0.39, 0.29) is 11.4 Å². The Balaban J connectivity index is 2.22. The van der Waals surface area contributed by atoms with Crippen LogP contribution in [0, 0.1) is 5.82 Å². The van der Waals surface area contributed by atoms with E-state index in [1.165, 1.54) is 12.1 Å². The highest BCUT2D eigenvalue weighted by atomic mass is 19.4. The van der Waals surface area contributed by atoms with Gasteiger partial charge in [0.1, 0.15) is 11.9 Å². The van der Waals surface area contributed by atoms with Gasteiger partial charge in [-0.3, -0.25) is 0 Å². The van der Waals surface area contributed by atoms with E-state index in [0.717, 1.165) is 16.7 Å². The minimum Gasteiger partial charge on any atom is -0.382 e. The van der Waals surface area contributed by atoms with Gasteiger partial charge in [-0.2, -0.15) is 13.2 Å². The van der Waals surface area contributed by atoms with Crippen LogP contribution in [0.3, 0.4) is 0 Å². The lowest BCUT2D eigenvalue weighted by atomic mass is 10.1. The normalized spacial score (nSPS) is 20.2. The Morgan fingerprint density at radius 3 is 2.27 bits per heavy atom. The minimum absolute atomic E-state index is 0.109. The third-order valence-electron chi connectivity index (χ3n) is 3.64. The van der Waals surface area contributed by atoms with Gasteiger partial charge >= 0.3 is 6.18 Å². The number of halogens is 6. The zero-order valence-corrected chi connectivity index (χ0v) is 10.8. The van der Waals surface area contributed by atoms with Crippen LogP contribution in [0.15, 0.2) is 30.5 Å². The lowest BCUT2D eigenvalue weighted by molar-refractivity contribution is -0.142. The summed E-state index contributed by atoms with van der Waals surface area (Å²) in [6, 6.07) is 4.38. The van der Waals surface area contributed by atoms with E-state index in [0.29, 0.717) is 6.20 Å². The summed E-state index contributed by atoms with van der Waals surface area (Å²) in [7, 11) is 0. The quantitative estimate of drug-likeness (QED) is 0.793. The Hall–Kier alpha value is -1.96. The van der Waals surface area contributed by atoms with Crippen LogP contribution < -0.4 is 0 Å². The van der Waals surface area contributed by atoms with Crippen molar-refractivity contribution in [1.29, 1.82) is 0 Å². The maximum absolute atomic E-state index is 13.6. The van der Waals surface area contributed by atoms with Gasteiger partial charge in [0.05, 0.1) is 12.0 Å². The average Bonchev–Trinajstić information content (AvgIpc) is 2.86. The van der Waals surface area contributed by atoms with Gasteiger partial charge in [0.25, 0.3) is 5.92 Å². The molecule has 0 saturated carbocycles. The van der Waals surface area contributed by atoms with Gasteiger partial charge in [-0.15, -0.1) is 0 Å². The van der Waals surface area contributed by atoms with Crippen molar-refractivity contribution in [2.24, 2.45) is 0 Å². The van der Waals surface area contributed by atoms with Crippen LogP contribution in [0.4, 0.5) is 26.3 Å². The number of aliphatic hydroxyl groups is 1. The fraction of sp³-hybridized carbons (Fsp3) is 0.286. The molecule has 22 heavy (non-hydrogen) atoms. The number of aliphatic hydroxyl groups excluding tert-OH is 1. The van der Waals surface area contributed by atoms with Crippen LogP contribution in [0.2, 0.25) is 0 Å². The number of hydrogen-bond donors (Lipinski definition) is 1. The molecule has 1 aromatic carbocycles. The van der Waals surface area contributed by atoms with Gasteiger partial charge < -0.3 is 9.67 Å². The molecule has 1 aromatic heterocycles. The highest BCUT2D eigenvalue weighted by Crippen LogP contribution is 2.49. The molecule has 0 saturated heterocycles. The van der Waals surface area contributed by atoms with Crippen molar-refractivity contribution in [3.05, 3.63) is 53.1 Å². The molecule has 2 aromatic rings. The Labute approximate surface area is 120 Å². The van der Waals surface area contributed by atoms with Crippen molar-refractivity contribution < 1.29 is 31.4 Å². The molecule has 1 heterocycles. The predicted octanol–water partition coefficient (Wildman–Crippen LogP) is 3.86. The minimum atomic E-state index is -4.88. The third kappa shape index (κ3) is 2.18. The molecule has 0 spiro atoms. The third-order valence-corrected chi connectivity index (χ3v) is 3.64. The summed E-state index contributed by atoms with van der Waals surface area (Å²) in [4.78, 5) is 0. The van der Waals surface area contributed by atoms with Crippen molar-refractivity contribution in [2.45, 2.75) is 24.6 Å². The smallest absolute Gasteiger partial charge is 0.382 e. The van der Waals surface area contributed by atoms with E-state index < -0.39 is 41.6 Å². The van der Waals surface area contributed by atoms with Gasteiger partial charge in [0.15, 0.2) is 0 Å². The Morgan fingerprint density at radius 1 is 1.14 bits per heavy atom. The Kier molecular flexibility index (Phi) is 3.07. The standard InChI is InChI=1S/C14H9F6NO/c15-7-1-3-8(4-2-7)21-6-9(14(18,19)20)11-10(21)5-13(16,17)12(11)22/h1-4,6,12,22H,5H2. The lowest BCUT2D eigenvalue weighted by Crippen LogP contribution is -2.23. The number of nitrogens with zero attached hydrogens (tertiary/aromatic N) is 1. The fourth-order valence-electron chi connectivity index (χ4n) is 2.64. The molecule has 2 nitrogen and oxygen atoms in total. The highest BCUT2D eigenvalue weighted by Gasteiger charge is 2.53. The first-order valence-corrected chi connectivity index (χ1v) is 6.24. The molecular formula is C14H9F6NO. The zero-order chi connectivity index (χ0) is 16.3. The van der Waals surface area contributed by atoms with Gasteiger partial charge in [0.2, 0.25) is 0 Å². The summed E-state index contributed by atoms with van der Waals surface area (Å²) in [5, 5.41) is 9.53. The van der Waals surface area contributed by atoms with E-state index >= 15 is 0 Å². The van der Waals surface area contributed by atoms with Crippen molar-refractivity contribution in [2.75, 3.05) is 0 Å². The SMILES string of the molecule is OC1c2c(C(F)(F)F)cn(-c3ccc(F)cc3)c2CC1(F)F. The first kappa shape index (κ1) is 15.0. The van der Waals surface area contributed by atoms with Gasteiger partial charge in [-0.05, 0) is 24.3 Å². The van der Waals surface area contributed by atoms with Gasteiger partial charge in [0, 0.05) is 23.1 Å². The summed E-state index contributed by atoms with van der Waals surface area (Å²) in [6.07, 6.45) is -7.76. The fourth-order valence-corrected chi connectivity index (χ4v) is 2.64. The van der Waals surface area contributed by atoms with E-state index in [4.69, 9.17) is 0 Å². The van der Waals surface area contributed by atoms with Crippen molar-refractivity contribution >= 4 is 0 Å². The molecular weight excluding hydrogens is 312 g/mol. The van der Waals surface area contributed by atoms with E-state index in [1.54, 1.807) is 0 Å². The number of rotatable bonds is 1. The van der Waals surface area contributed by atoms with Gasteiger partial charge in [-0.25, -0.2) is 13.2 Å². The van der Waals surface area contributed by atoms with Crippen LogP contribution in [0.1, 0.15) is 22.9 Å². The highest BCUT2D eigenvalue weighted by molar-refractivity contribution is 5.48. The van der Waals surface area contributed by atoms with Crippen LogP contribution >= 0.6 is 0 Å².